The topological polar surface area (TPSA) is 50.8 Å². The van der Waals surface area contributed by atoms with Crippen molar-refractivity contribution in [3.63, 3.8) is 0 Å². The van der Waals surface area contributed by atoms with E-state index >= 15 is 0 Å². The third kappa shape index (κ3) is 2.68. The van der Waals surface area contributed by atoms with Crippen molar-refractivity contribution in [3.8, 4) is 17.1 Å². The first kappa shape index (κ1) is 11.7. The highest BCUT2D eigenvalue weighted by atomic mass is 32.1. The van der Waals surface area contributed by atoms with Crippen molar-refractivity contribution in [1.29, 1.82) is 0 Å². The first-order valence-corrected chi connectivity index (χ1v) is 5.75. The van der Waals surface area contributed by atoms with E-state index in [4.69, 9.17) is 17.0 Å². The standard InChI is InChI=1S/C12H13N3OS/c1-3-10-13-11(15-12(17)14-10)8-4-6-9(16-2)7-5-8/h4-7H,3H2,1-2H3,(H,13,14,15,17). The molecule has 2 rings (SSSR count). The molecule has 1 N–H and O–H groups in total. The number of benzene rings is 1. The maximum Gasteiger partial charge on any atom is 0.222 e. The molecule has 0 fully saturated rings. The summed E-state index contributed by atoms with van der Waals surface area (Å²) in [6.07, 6.45) is 0.801. The van der Waals surface area contributed by atoms with Crippen LogP contribution in [-0.2, 0) is 6.42 Å². The number of nitrogens with zero attached hydrogens (tertiary/aromatic N) is 2. The highest BCUT2D eigenvalue weighted by Gasteiger charge is 2.02. The summed E-state index contributed by atoms with van der Waals surface area (Å²) in [6, 6.07) is 7.65. The number of H-pyrrole nitrogens is 1. The zero-order chi connectivity index (χ0) is 12.3. The summed E-state index contributed by atoms with van der Waals surface area (Å²) in [4.78, 5) is 11.5. The molecular formula is C12H13N3OS. The van der Waals surface area contributed by atoms with E-state index in [-0.39, 0.29) is 0 Å². The number of hydrogen-bond donors (Lipinski definition) is 1. The van der Waals surface area contributed by atoms with Gasteiger partial charge in [0.1, 0.15) is 17.4 Å². The number of methoxy groups -OCH3 is 1. The summed E-state index contributed by atoms with van der Waals surface area (Å²) in [5.74, 6) is 2.40. The van der Waals surface area contributed by atoms with Gasteiger partial charge in [0.15, 0.2) is 0 Å². The SMILES string of the molecule is CCc1nc(=S)nc(-c2ccc(OC)cc2)[nH]1. The molecule has 0 atom stereocenters. The number of nitrogens with one attached hydrogen (secondary N) is 1. The molecule has 1 aromatic heterocycles. The molecule has 0 aliphatic heterocycles. The van der Waals surface area contributed by atoms with Gasteiger partial charge >= 0.3 is 0 Å². The van der Waals surface area contributed by atoms with Crippen LogP contribution in [0.5, 0.6) is 5.75 Å². The van der Waals surface area contributed by atoms with Crippen LogP contribution in [-0.4, -0.2) is 22.1 Å². The zero-order valence-electron chi connectivity index (χ0n) is 9.73. The number of aryl methyl sites for hydroxylation is 1. The van der Waals surface area contributed by atoms with E-state index in [1.165, 1.54) is 0 Å². The smallest absolute Gasteiger partial charge is 0.222 e. The molecule has 1 heterocycles. The van der Waals surface area contributed by atoms with Crippen LogP contribution in [0.2, 0.25) is 0 Å². The zero-order valence-corrected chi connectivity index (χ0v) is 10.5. The number of rotatable bonds is 3. The van der Waals surface area contributed by atoms with Crippen molar-refractivity contribution < 1.29 is 4.74 Å². The second-order valence-corrected chi connectivity index (χ2v) is 3.87. The predicted molar refractivity (Wildman–Crippen MR) is 68.6 cm³/mol. The molecule has 5 heteroatoms. The Balaban J connectivity index is 2.44. The number of hydrogen-bond acceptors (Lipinski definition) is 4. The Bertz CT molecular complexity index is 563. The molecule has 88 valence electrons. The molecule has 0 spiro atoms. The number of ether oxygens (including phenoxy) is 1. The van der Waals surface area contributed by atoms with Gasteiger partial charge in [0, 0.05) is 12.0 Å². The second-order valence-electron chi connectivity index (χ2n) is 3.51. The van der Waals surface area contributed by atoms with Gasteiger partial charge in [-0.15, -0.1) is 0 Å². The van der Waals surface area contributed by atoms with Crippen LogP contribution in [0.25, 0.3) is 11.4 Å². The van der Waals surface area contributed by atoms with Gasteiger partial charge < -0.3 is 9.72 Å². The maximum atomic E-state index is 5.11. The van der Waals surface area contributed by atoms with Crippen molar-refractivity contribution in [3.05, 3.63) is 34.9 Å². The lowest BCUT2D eigenvalue weighted by Gasteiger charge is -2.04. The molecule has 0 bridgehead atoms. The molecule has 0 aliphatic carbocycles. The lowest BCUT2D eigenvalue weighted by molar-refractivity contribution is 0.415. The molecule has 0 saturated carbocycles. The Morgan fingerprint density at radius 3 is 2.53 bits per heavy atom. The third-order valence-electron chi connectivity index (χ3n) is 2.40. The van der Waals surface area contributed by atoms with Crippen molar-refractivity contribution in [2.24, 2.45) is 0 Å². The van der Waals surface area contributed by atoms with Crippen LogP contribution < -0.4 is 4.74 Å². The maximum absolute atomic E-state index is 5.11. The molecule has 4 nitrogen and oxygen atoms in total. The summed E-state index contributed by atoms with van der Waals surface area (Å²) < 4.78 is 5.48. The molecule has 1 aromatic carbocycles. The fraction of sp³-hybridized carbons (Fsp3) is 0.250. The van der Waals surface area contributed by atoms with Crippen molar-refractivity contribution >= 4 is 12.2 Å². The Morgan fingerprint density at radius 1 is 1.24 bits per heavy atom. The van der Waals surface area contributed by atoms with E-state index in [1.807, 2.05) is 31.2 Å². The third-order valence-corrected chi connectivity index (χ3v) is 2.58. The molecule has 0 unspecified atom stereocenters. The van der Waals surface area contributed by atoms with Crippen LogP contribution in [0.15, 0.2) is 24.3 Å². The van der Waals surface area contributed by atoms with E-state index in [1.54, 1.807) is 7.11 Å². The average Bonchev–Trinajstić information content (AvgIpc) is 2.38. The number of aromatic amines is 1. The van der Waals surface area contributed by atoms with Crippen LogP contribution in [0.3, 0.4) is 0 Å². The van der Waals surface area contributed by atoms with Crippen molar-refractivity contribution in [1.82, 2.24) is 15.0 Å². The van der Waals surface area contributed by atoms with Gasteiger partial charge in [-0.25, -0.2) is 9.97 Å². The first-order chi connectivity index (χ1) is 8.22. The van der Waals surface area contributed by atoms with Crippen LogP contribution in [0.1, 0.15) is 12.7 Å². The van der Waals surface area contributed by atoms with E-state index in [9.17, 15) is 0 Å². The molecule has 2 aromatic rings. The first-order valence-electron chi connectivity index (χ1n) is 5.34. The summed E-state index contributed by atoms with van der Waals surface area (Å²) in [5, 5.41) is 0. The second kappa shape index (κ2) is 5.05. The number of aromatic nitrogens is 3. The summed E-state index contributed by atoms with van der Waals surface area (Å²) in [6.45, 7) is 2.02. The van der Waals surface area contributed by atoms with E-state index < -0.39 is 0 Å². The monoisotopic (exact) mass is 247 g/mol. The highest BCUT2D eigenvalue weighted by Crippen LogP contribution is 2.18. The molecular weight excluding hydrogens is 234 g/mol. The molecule has 0 saturated heterocycles. The normalized spacial score (nSPS) is 10.2. The average molecular weight is 247 g/mol. The van der Waals surface area contributed by atoms with Crippen LogP contribution >= 0.6 is 12.2 Å². The minimum absolute atomic E-state index is 0.367. The van der Waals surface area contributed by atoms with Gasteiger partial charge in [-0.1, -0.05) is 6.92 Å². The van der Waals surface area contributed by atoms with Crippen LogP contribution in [0.4, 0.5) is 0 Å². The molecule has 0 aliphatic rings. The molecule has 17 heavy (non-hydrogen) atoms. The van der Waals surface area contributed by atoms with Crippen LogP contribution in [0, 0.1) is 4.77 Å². The van der Waals surface area contributed by atoms with Gasteiger partial charge in [0.05, 0.1) is 7.11 Å². The van der Waals surface area contributed by atoms with Gasteiger partial charge in [-0.2, -0.15) is 0 Å². The quantitative estimate of drug-likeness (QED) is 0.847. The summed E-state index contributed by atoms with van der Waals surface area (Å²) in [7, 11) is 1.64. The van der Waals surface area contributed by atoms with E-state index in [0.717, 1.165) is 29.4 Å². The van der Waals surface area contributed by atoms with E-state index in [0.29, 0.717) is 4.77 Å². The predicted octanol–water partition coefficient (Wildman–Crippen LogP) is 2.77. The Kier molecular flexibility index (Phi) is 3.49. The van der Waals surface area contributed by atoms with Crippen molar-refractivity contribution in [2.45, 2.75) is 13.3 Å². The Hall–Kier alpha value is -1.75. The van der Waals surface area contributed by atoms with Gasteiger partial charge in [-0.05, 0) is 36.5 Å². The molecule has 0 radical (unpaired) electrons. The largest absolute Gasteiger partial charge is 0.497 e. The van der Waals surface area contributed by atoms with Gasteiger partial charge in [-0.3, -0.25) is 0 Å². The lowest BCUT2D eigenvalue weighted by atomic mass is 10.2. The lowest BCUT2D eigenvalue weighted by Crippen LogP contribution is -1.99. The van der Waals surface area contributed by atoms with Crippen molar-refractivity contribution in [2.75, 3.05) is 7.11 Å². The van der Waals surface area contributed by atoms with E-state index in [2.05, 4.69) is 15.0 Å². The van der Waals surface area contributed by atoms with Gasteiger partial charge in [0.2, 0.25) is 4.77 Å². The Morgan fingerprint density at radius 2 is 1.94 bits per heavy atom. The fourth-order valence-corrected chi connectivity index (χ4v) is 1.68. The minimum Gasteiger partial charge on any atom is -0.497 e. The molecule has 0 amide bonds. The highest BCUT2D eigenvalue weighted by molar-refractivity contribution is 7.71. The minimum atomic E-state index is 0.367. The van der Waals surface area contributed by atoms with Gasteiger partial charge in [0.25, 0.3) is 0 Å². The fourth-order valence-electron chi connectivity index (χ4n) is 1.48. The summed E-state index contributed by atoms with van der Waals surface area (Å²) in [5.41, 5.74) is 0.967. The Labute approximate surface area is 105 Å². The summed E-state index contributed by atoms with van der Waals surface area (Å²) >= 11 is 5.04.